The van der Waals surface area contributed by atoms with Crippen LogP contribution in [0.3, 0.4) is 0 Å². The summed E-state index contributed by atoms with van der Waals surface area (Å²) in [5, 5.41) is -0.335. The van der Waals surface area contributed by atoms with Gasteiger partial charge in [-0.05, 0) is 19.3 Å². The van der Waals surface area contributed by atoms with Crippen molar-refractivity contribution in [3.63, 3.8) is 0 Å². The Labute approximate surface area is 86.2 Å². The van der Waals surface area contributed by atoms with Crippen molar-refractivity contribution in [3.05, 3.63) is 0 Å². The fourth-order valence-corrected chi connectivity index (χ4v) is 1.38. The van der Waals surface area contributed by atoms with Gasteiger partial charge < -0.3 is 4.90 Å². The first-order valence-electron chi connectivity index (χ1n) is 5.10. The van der Waals surface area contributed by atoms with E-state index in [0.717, 1.165) is 25.9 Å². The van der Waals surface area contributed by atoms with Crippen molar-refractivity contribution >= 4 is 17.5 Å². The molecule has 0 saturated carbocycles. The van der Waals surface area contributed by atoms with Crippen LogP contribution in [0.2, 0.25) is 0 Å². The Morgan fingerprint density at radius 1 is 1.23 bits per heavy atom. The highest BCUT2D eigenvalue weighted by atomic mass is 35.5. The molecule has 3 heteroatoms. The Morgan fingerprint density at radius 2 is 1.69 bits per heavy atom. The number of hydrogen-bond donors (Lipinski definition) is 0. The summed E-state index contributed by atoms with van der Waals surface area (Å²) >= 11 is 5.89. The number of rotatable bonds is 6. The summed E-state index contributed by atoms with van der Waals surface area (Å²) < 4.78 is 0. The fraction of sp³-hybridized carbons (Fsp3) is 0.900. The monoisotopic (exact) mass is 205 g/mol. The Kier molecular flexibility index (Phi) is 7.06. The molecule has 0 aliphatic carbocycles. The Balaban J connectivity index is 4.09. The molecule has 0 aliphatic rings. The molecule has 2 nitrogen and oxygen atoms in total. The predicted octanol–water partition coefficient (Wildman–Crippen LogP) is 2.65. The van der Waals surface area contributed by atoms with E-state index < -0.39 is 0 Å². The van der Waals surface area contributed by atoms with Crippen molar-refractivity contribution in [3.8, 4) is 0 Å². The van der Waals surface area contributed by atoms with Crippen molar-refractivity contribution in [2.45, 2.75) is 45.4 Å². The second kappa shape index (κ2) is 7.19. The molecule has 0 radical (unpaired) electrons. The molecule has 0 heterocycles. The normalized spacial score (nSPS) is 12.6. The minimum absolute atomic E-state index is 0.0906. The highest BCUT2D eigenvalue weighted by Crippen LogP contribution is 2.07. The zero-order valence-electron chi connectivity index (χ0n) is 8.85. The van der Waals surface area contributed by atoms with Gasteiger partial charge in [0.2, 0.25) is 5.91 Å². The van der Waals surface area contributed by atoms with Gasteiger partial charge in [-0.15, -0.1) is 11.6 Å². The van der Waals surface area contributed by atoms with E-state index in [9.17, 15) is 4.79 Å². The molecule has 0 saturated heterocycles. The second-order valence-electron chi connectivity index (χ2n) is 3.20. The average Bonchev–Trinajstić information content (AvgIpc) is 2.15. The number of amides is 1. The molecule has 1 unspecified atom stereocenters. The molecule has 13 heavy (non-hydrogen) atoms. The van der Waals surface area contributed by atoms with Gasteiger partial charge in [0, 0.05) is 13.1 Å². The molecule has 0 aliphatic heterocycles. The van der Waals surface area contributed by atoms with Gasteiger partial charge in [-0.3, -0.25) is 4.79 Å². The average molecular weight is 206 g/mol. The summed E-state index contributed by atoms with van der Waals surface area (Å²) in [6.07, 6.45) is 2.71. The lowest BCUT2D eigenvalue weighted by Gasteiger charge is -2.23. The first kappa shape index (κ1) is 12.8. The van der Waals surface area contributed by atoms with Crippen molar-refractivity contribution in [1.82, 2.24) is 4.90 Å². The molecular formula is C10H20ClNO. The molecule has 0 spiro atoms. The molecule has 0 bridgehead atoms. The quantitative estimate of drug-likeness (QED) is 0.611. The summed E-state index contributed by atoms with van der Waals surface area (Å²) in [5.41, 5.74) is 0. The van der Waals surface area contributed by atoms with Crippen LogP contribution in [0.4, 0.5) is 0 Å². The highest BCUT2D eigenvalue weighted by molar-refractivity contribution is 6.30. The van der Waals surface area contributed by atoms with Crippen LogP contribution in [0.15, 0.2) is 0 Å². The van der Waals surface area contributed by atoms with Crippen LogP contribution in [-0.2, 0) is 4.79 Å². The van der Waals surface area contributed by atoms with Crippen LogP contribution in [0.1, 0.15) is 40.0 Å². The van der Waals surface area contributed by atoms with Crippen LogP contribution in [-0.4, -0.2) is 29.3 Å². The molecule has 0 aromatic carbocycles. The zero-order valence-corrected chi connectivity index (χ0v) is 9.60. The number of alkyl halides is 1. The summed E-state index contributed by atoms with van der Waals surface area (Å²) in [7, 11) is 0. The highest BCUT2D eigenvalue weighted by Gasteiger charge is 2.18. The van der Waals surface area contributed by atoms with Crippen LogP contribution in [0.5, 0.6) is 0 Å². The topological polar surface area (TPSA) is 20.3 Å². The van der Waals surface area contributed by atoms with Gasteiger partial charge in [-0.2, -0.15) is 0 Å². The van der Waals surface area contributed by atoms with Gasteiger partial charge in [0.25, 0.3) is 0 Å². The SMILES string of the molecule is CCCN(CCC)C(=O)C(Cl)CC. The Hall–Kier alpha value is -0.240. The van der Waals surface area contributed by atoms with E-state index in [-0.39, 0.29) is 11.3 Å². The lowest BCUT2D eigenvalue weighted by atomic mass is 10.2. The van der Waals surface area contributed by atoms with Crippen LogP contribution < -0.4 is 0 Å². The lowest BCUT2D eigenvalue weighted by Crippen LogP contribution is -2.37. The van der Waals surface area contributed by atoms with Gasteiger partial charge in [-0.25, -0.2) is 0 Å². The first-order chi connectivity index (χ1) is 6.17. The standard InChI is InChI=1S/C10H20ClNO/c1-4-7-12(8-5-2)10(13)9(11)6-3/h9H,4-8H2,1-3H3. The molecule has 0 rings (SSSR count). The largest absolute Gasteiger partial charge is 0.341 e. The van der Waals surface area contributed by atoms with Crippen molar-refractivity contribution < 1.29 is 4.79 Å². The predicted molar refractivity (Wildman–Crippen MR) is 57.1 cm³/mol. The van der Waals surface area contributed by atoms with Gasteiger partial charge >= 0.3 is 0 Å². The van der Waals surface area contributed by atoms with E-state index in [1.165, 1.54) is 0 Å². The molecule has 78 valence electrons. The maximum atomic E-state index is 11.6. The van der Waals surface area contributed by atoms with E-state index in [0.29, 0.717) is 6.42 Å². The number of hydrogen-bond acceptors (Lipinski definition) is 1. The summed E-state index contributed by atoms with van der Waals surface area (Å²) in [4.78, 5) is 13.5. The number of nitrogens with zero attached hydrogens (tertiary/aromatic N) is 1. The summed E-state index contributed by atoms with van der Waals surface area (Å²) in [5.74, 6) is 0.0906. The summed E-state index contributed by atoms with van der Waals surface area (Å²) in [6, 6.07) is 0. The van der Waals surface area contributed by atoms with Crippen LogP contribution >= 0.6 is 11.6 Å². The van der Waals surface area contributed by atoms with E-state index >= 15 is 0 Å². The zero-order chi connectivity index (χ0) is 10.3. The second-order valence-corrected chi connectivity index (χ2v) is 3.73. The van der Waals surface area contributed by atoms with Gasteiger partial charge in [0.15, 0.2) is 0 Å². The van der Waals surface area contributed by atoms with E-state index in [2.05, 4.69) is 13.8 Å². The van der Waals surface area contributed by atoms with Crippen molar-refractivity contribution in [2.24, 2.45) is 0 Å². The number of halogens is 1. The fourth-order valence-electron chi connectivity index (χ4n) is 1.24. The first-order valence-corrected chi connectivity index (χ1v) is 5.53. The minimum Gasteiger partial charge on any atom is -0.341 e. The molecule has 0 aromatic rings. The smallest absolute Gasteiger partial charge is 0.240 e. The van der Waals surface area contributed by atoms with E-state index in [1.807, 2.05) is 11.8 Å². The van der Waals surface area contributed by atoms with Crippen molar-refractivity contribution in [1.29, 1.82) is 0 Å². The molecule has 1 atom stereocenters. The number of carbonyl (C=O) groups is 1. The molecule has 0 N–H and O–H groups in total. The third kappa shape index (κ3) is 4.51. The molecule has 0 fully saturated rings. The summed E-state index contributed by atoms with van der Waals surface area (Å²) in [6.45, 7) is 7.74. The maximum absolute atomic E-state index is 11.6. The number of carbonyl (C=O) groups excluding carboxylic acids is 1. The minimum atomic E-state index is -0.335. The van der Waals surface area contributed by atoms with E-state index in [4.69, 9.17) is 11.6 Å². The van der Waals surface area contributed by atoms with Crippen molar-refractivity contribution in [2.75, 3.05) is 13.1 Å². The molecule has 0 aromatic heterocycles. The third-order valence-corrected chi connectivity index (χ3v) is 2.42. The van der Waals surface area contributed by atoms with E-state index in [1.54, 1.807) is 0 Å². The molecule has 1 amide bonds. The third-order valence-electron chi connectivity index (χ3n) is 1.93. The lowest BCUT2D eigenvalue weighted by molar-refractivity contribution is -0.130. The van der Waals surface area contributed by atoms with Gasteiger partial charge in [0.05, 0.1) is 0 Å². The molecular weight excluding hydrogens is 186 g/mol. The Morgan fingerprint density at radius 3 is 2.00 bits per heavy atom. The van der Waals surface area contributed by atoms with Crippen LogP contribution in [0, 0.1) is 0 Å². The van der Waals surface area contributed by atoms with Gasteiger partial charge in [0.1, 0.15) is 5.38 Å². The Bertz CT molecular complexity index is 144. The maximum Gasteiger partial charge on any atom is 0.240 e. The van der Waals surface area contributed by atoms with Crippen LogP contribution in [0.25, 0.3) is 0 Å². The van der Waals surface area contributed by atoms with Gasteiger partial charge in [-0.1, -0.05) is 20.8 Å².